The average Bonchev–Trinajstić information content (AvgIpc) is 3.14. The molecule has 0 aromatic carbocycles. The Labute approximate surface area is 142 Å². The zero-order valence-corrected chi connectivity index (χ0v) is 14.0. The molecule has 25 heavy (non-hydrogen) atoms. The Morgan fingerprint density at radius 2 is 2.24 bits per heavy atom. The number of nitrogens with one attached hydrogen (secondary N) is 1. The largest absolute Gasteiger partial charge is 0.350 e. The van der Waals surface area contributed by atoms with Crippen LogP contribution in [0.2, 0.25) is 0 Å². The van der Waals surface area contributed by atoms with Crippen molar-refractivity contribution in [2.75, 3.05) is 0 Å². The highest BCUT2D eigenvalue weighted by molar-refractivity contribution is 5.77. The molecule has 0 saturated heterocycles. The Morgan fingerprint density at radius 3 is 3.08 bits per heavy atom. The lowest BCUT2D eigenvalue weighted by molar-refractivity contribution is -0.122. The molecule has 1 amide bonds. The van der Waals surface area contributed by atoms with Gasteiger partial charge >= 0.3 is 0 Å². The molecule has 0 bridgehead atoms. The number of nitrogens with zero attached hydrogens (tertiary/aromatic N) is 7. The topological polar surface area (TPSA) is 113 Å². The van der Waals surface area contributed by atoms with Crippen molar-refractivity contribution < 1.29 is 4.79 Å². The Hall–Kier alpha value is -3.04. The van der Waals surface area contributed by atoms with E-state index in [1.807, 2.05) is 11.5 Å². The summed E-state index contributed by atoms with van der Waals surface area (Å²) in [5.41, 5.74) is 0.235. The molecule has 0 fully saturated rings. The minimum Gasteiger partial charge on any atom is -0.350 e. The fourth-order valence-electron chi connectivity index (χ4n) is 3.19. The number of amides is 1. The summed E-state index contributed by atoms with van der Waals surface area (Å²) >= 11 is 0. The predicted molar refractivity (Wildman–Crippen MR) is 87.8 cm³/mol. The summed E-state index contributed by atoms with van der Waals surface area (Å²) < 4.78 is 4.85. The maximum atomic E-state index is 12.4. The second-order valence-corrected chi connectivity index (χ2v) is 6.26. The number of aryl methyl sites for hydroxylation is 3. The summed E-state index contributed by atoms with van der Waals surface area (Å²) in [6.45, 7) is 2.48. The van der Waals surface area contributed by atoms with Crippen molar-refractivity contribution in [2.24, 2.45) is 7.05 Å². The van der Waals surface area contributed by atoms with Gasteiger partial charge in [0.15, 0.2) is 5.65 Å². The number of fused-ring (bicyclic) bond motifs is 2. The first-order valence-corrected chi connectivity index (χ1v) is 8.08. The molecule has 0 radical (unpaired) electrons. The summed E-state index contributed by atoms with van der Waals surface area (Å²) in [5, 5.41) is 15.6. The first kappa shape index (κ1) is 15.5. The van der Waals surface area contributed by atoms with E-state index in [1.54, 1.807) is 7.05 Å². The van der Waals surface area contributed by atoms with Gasteiger partial charge < -0.3 is 9.88 Å². The number of hydrogen-bond donors (Lipinski definition) is 1. The van der Waals surface area contributed by atoms with Gasteiger partial charge in [0.1, 0.15) is 29.9 Å². The zero-order valence-electron chi connectivity index (χ0n) is 14.0. The van der Waals surface area contributed by atoms with Gasteiger partial charge in [-0.15, -0.1) is 10.2 Å². The number of carbonyl (C=O) groups is 1. The SMILES string of the molecule is Cc1nnc2n1C[C@@H](NC(=O)Cn1cnc3c(cnn3C)c1=O)CC2. The van der Waals surface area contributed by atoms with Gasteiger partial charge in [-0.1, -0.05) is 0 Å². The van der Waals surface area contributed by atoms with Crippen LogP contribution in [0.25, 0.3) is 11.0 Å². The molecule has 0 aliphatic carbocycles. The molecule has 10 nitrogen and oxygen atoms in total. The van der Waals surface area contributed by atoms with Crippen molar-refractivity contribution in [3.05, 3.63) is 34.5 Å². The van der Waals surface area contributed by atoms with Crippen molar-refractivity contribution in [3.8, 4) is 0 Å². The van der Waals surface area contributed by atoms with Crippen LogP contribution in [0.15, 0.2) is 17.3 Å². The summed E-state index contributed by atoms with van der Waals surface area (Å²) in [5.74, 6) is 1.58. The molecule has 3 aromatic rings. The van der Waals surface area contributed by atoms with E-state index in [0.717, 1.165) is 24.5 Å². The molecule has 4 heterocycles. The van der Waals surface area contributed by atoms with Crippen LogP contribution in [-0.2, 0) is 31.4 Å². The molecule has 3 aromatic heterocycles. The lowest BCUT2D eigenvalue weighted by Crippen LogP contribution is -2.43. The standard InChI is InChI=1S/C15H18N8O2/c1-9-19-20-12-4-3-10(6-23(9)12)18-13(24)7-22-8-16-14-11(15(22)25)5-17-21(14)2/h5,8,10H,3-4,6-7H2,1-2H3,(H,18,24)/t10-/m0/s1. The smallest absolute Gasteiger partial charge is 0.264 e. The average molecular weight is 342 g/mol. The molecule has 130 valence electrons. The summed E-state index contributed by atoms with van der Waals surface area (Å²) in [4.78, 5) is 29.0. The first-order chi connectivity index (χ1) is 12.0. The van der Waals surface area contributed by atoms with Crippen LogP contribution in [-0.4, -0.2) is 46.0 Å². The van der Waals surface area contributed by atoms with E-state index in [1.165, 1.54) is 21.8 Å². The van der Waals surface area contributed by atoms with Gasteiger partial charge in [-0.2, -0.15) is 5.10 Å². The highest BCUT2D eigenvalue weighted by Crippen LogP contribution is 2.14. The third-order valence-electron chi connectivity index (χ3n) is 4.53. The summed E-state index contributed by atoms with van der Waals surface area (Å²) in [6.07, 6.45) is 4.43. The molecule has 0 unspecified atom stereocenters. The van der Waals surface area contributed by atoms with Crippen LogP contribution >= 0.6 is 0 Å². The second kappa shape index (κ2) is 5.80. The van der Waals surface area contributed by atoms with Crippen molar-refractivity contribution in [3.63, 3.8) is 0 Å². The molecule has 4 rings (SSSR count). The van der Waals surface area contributed by atoms with Crippen molar-refractivity contribution in [1.82, 2.24) is 39.4 Å². The van der Waals surface area contributed by atoms with E-state index in [9.17, 15) is 9.59 Å². The predicted octanol–water partition coefficient (Wildman–Crippen LogP) is -0.839. The van der Waals surface area contributed by atoms with Crippen LogP contribution in [0.4, 0.5) is 0 Å². The molecule has 0 spiro atoms. The van der Waals surface area contributed by atoms with Gasteiger partial charge in [0.25, 0.3) is 5.56 Å². The molecule has 1 atom stereocenters. The minimum absolute atomic E-state index is 0.000448. The van der Waals surface area contributed by atoms with Crippen LogP contribution < -0.4 is 10.9 Å². The third kappa shape index (κ3) is 2.69. The fraction of sp³-hybridized carbons (Fsp3) is 0.467. The normalized spacial score (nSPS) is 16.8. The van der Waals surface area contributed by atoms with Crippen molar-refractivity contribution >= 4 is 16.9 Å². The van der Waals surface area contributed by atoms with Crippen molar-refractivity contribution in [1.29, 1.82) is 0 Å². The second-order valence-electron chi connectivity index (χ2n) is 6.26. The lowest BCUT2D eigenvalue weighted by Gasteiger charge is -2.25. The number of aromatic nitrogens is 7. The van der Waals surface area contributed by atoms with Crippen LogP contribution in [0, 0.1) is 6.92 Å². The minimum atomic E-state index is -0.270. The van der Waals surface area contributed by atoms with Gasteiger partial charge in [-0.05, 0) is 13.3 Å². The van der Waals surface area contributed by atoms with E-state index in [-0.39, 0.29) is 24.1 Å². The van der Waals surface area contributed by atoms with E-state index < -0.39 is 0 Å². The Bertz CT molecular complexity index is 1010. The van der Waals surface area contributed by atoms with Crippen LogP contribution in [0.5, 0.6) is 0 Å². The molecule has 1 aliphatic rings. The van der Waals surface area contributed by atoms with Gasteiger partial charge in [-0.25, -0.2) is 4.98 Å². The molecular formula is C15H18N8O2. The highest BCUT2D eigenvalue weighted by Gasteiger charge is 2.23. The maximum Gasteiger partial charge on any atom is 0.264 e. The van der Waals surface area contributed by atoms with Crippen molar-refractivity contribution in [2.45, 2.75) is 38.9 Å². The summed E-state index contributed by atoms with van der Waals surface area (Å²) in [6, 6.07) is 0.000448. The highest BCUT2D eigenvalue weighted by atomic mass is 16.2. The number of hydrogen-bond acceptors (Lipinski definition) is 6. The molecule has 1 N–H and O–H groups in total. The Morgan fingerprint density at radius 1 is 1.40 bits per heavy atom. The molecule has 10 heteroatoms. The van der Waals surface area contributed by atoms with E-state index >= 15 is 0 Å². The fourth-order valence-corrected chi connectivity index (χ4v) is 3.19. The van der Waals surface area contributed by atoms with Gasteiger partial charge in [0.05, 0.1) is 6.20 Å². The van der Waals surface area contributed by atoms with E-state index in [4.69, 9.17) is 0 Å². The zero-order chi connectivity index (χ0) is 17.6. The molecular weight excluding hydrogens is 324 g/mol. The molecule has 0 saturated carbocycles. The summed E-state index contributed by atoms with van der Waals surface area (Å²) in [7, 11) is 1.72. The first-order valence-electron chi connectivity index (χ1n) is 8.08. The van der Waals surface area contributed by atoms with Gasteiger partial charge in [0, 0.05) is 26.1 Å². The van der Waals surface area contributed by atoms with Crippen LogP contribution in [0.3, 0.4) is 0 Å². The molecule has 1 aliphatic heterocycles. The van der Waals surface area contributed by atoms with E-state index in [0.29, 0.717) is 17.6 Å². The number of carbonyl (C=O) groups excluding carboxylic acids is 1. The van der Waals surface area contributed by atoms with Gasteiger partial charge in [0.2, 0.25) is 5.91 Å². The van der Waals surface area contributed by atoms with Gasteiger partial charge in [-0.3, -0.25) is 18.8 Å². The van der Waals surface area contributed by atoms with E-state index in [2.05, 4.69) is 25.6 Å². The Kier molecular flexibility index (Phi) is 3.59. The quantitative estimate of drug-likeness (QED) is 0.664. The third-order valence-corrected chi connectivity index (χ3v) is 4.53. The maximum absolute atomic E-state index is 12.4. The lowest BCUT2D eigenvalue weighted by atomic mass is 10.1. The monoisotopic (exact) mass is 342 g/mol. The van der Waals surface area contributed by atoms with Crippen LogP contribution in [0.1, 0.15) is 18.1 Å². The number of rotatable bonds is 3. The Balaban J connectivity index is 1.47.